The Morgan fingerprint density at radius 3 is 2.29 bits per heavy atom. The van der Waals surface area contributed by atoms with E-state index in [2.05, 4.69) is 15.1 Å². The van der Waals surface area contributed by atoms with Crippen LogP contribution in [0.1, 0.15) is 16.8 Å². The van der Waals surface area contributed by atoms with Crippen molar-refractivity contribution in [3.8, 4) is 0 Å². The average molecular weight is 403 g/mol. The molecule has 0 aromatic heterocycles. The number of nitro groups is 1. The molecule has 1 heterocycles. The number of halogens is 1. The minimum Gasteiger partial charge on any atom is -0.369 e. The van der Waals surface area contributed by atoms with Crippen LogP contribution < -0.4 is 10.2 Å². The van der Waals surface area contributed by atoms with Crippen LogP contribution in [-0.2, 0) is 0 Å². The fourth-order valence-corrected chi connectivity index (χ4v) is 3.35. The first-order valence-electron chi connectivity index (χ1n) is 9.28. The number of anilines is 1. The first kappa shape index (κ1) is 20.1. The molecule has 0 unspecified atom stereocenters. The first-order chi connectivity index (χ1) is 13.5. The van der Waals surface area contributed by atoms with Gasteiger partial charge in [0.1, 0.15) is 0 Å². The lowest BCUT2D eigenvalue weighted by Gasteiger charge is -2.36. The van der Waals surface area contributed by atoms with E-state index in [1.165, 1.54) is 30.0 Å². The van der Waals surface area contributed by atoms with Crippen molar-refractivity contribution in [3.63, 3.8) is 0 Å². The average Bonchev–Trinajstić information content (AvgIpc) is 2.72. The highest BCUT2D eigenvalue weighted by molar-refractivity contribution is 6.30. The van der Waals surface area contributed by atoms with Crippen LogP contribution in [-0.4, -0.2) is 55.0 Å². The number of hydrogen-bond acceptors (Lipinski definition) is 5. The van der Waals surface area contributed by atoms with Crippen LogP contribution in [0.2, 0.25) is 5.02 Å². The van der Waals surface area contributed by atoms with Gasteiger partial charge in [-0.15, -0.1) is 0 Å². The Hall–Kier alpha value is -2.64. The van der Waals surface area contributed by atoms with E-state index in [1.807, 2.05) is 24.3 Å². The van der Waals surface area contributed by atoms with Gasteiger partial charge in [-0.3, -0.25) is 19.8 Å². The fourth-order valence-electron chi connectivity index (χ4n) is 3.22. The van der Waals surface area contributed by atoms with Gasteiger partial charge in [-0.2, -0.15) is 0 Å². The molecule has 0 radical (unpaired) electrons. The van der Waals surface area contributed by atoms with Crippen LogP contribution in [0.25, 0.3) is 0 Å². The lowest BCUT2D eigenvalue weighted by molar-refractivity contribution is -0.384. The maximum Gasteiger partial charge on any atom is 0.269 e. The number of rotatable bonds is 7. The van der Waals surface area contributed by atoms with Crippen molar-refractivity contribution in [2.45, 2.75) is 6.42 Å². The third-order valence-electron chi connectivity index (χ3n) is 4.84. The molecule has 3 rings (SSSR count). The SMILES string of the molecule is O=C(NCCCN1CCN(c2ccc(Cl)cc2)CC1)c1ccc([N+](=O)[O-])cc1. The molecule has 1 N–H and O–H groups in total. The van der Waals surface area contributed by atoms with Crippen LogP contribution in [0, 0.1) is 10.1 Å². The van der Waals surface area contributed by atoms with Crippen molar-refractivity contribution in [1.29, 1.82) is 0 Å². The largest absolute Gasteiger partial charge is 0.369 e. The minimum absolute atomic E-state index is 0.0192. The first-order valence-corrected chi connectivity index (χ1v) is 9.66. The molecule has 0 aliphatic carbocycles. The summed E-state index contributed by atoms with van der Waals surface area (Å²) in [4.78, 5) is 27.0. The molecule has 7 nitrogen and oxygen atoms in total. The summed E-state index contributed by atoms with van der Waals surface area (Å²) in [5, 5.41) is 14.3. The number of amides is 1. The van der Waals surface area contributed by atoms with Crippen LogP contribution in [0.5, 0.6) is 0 Å². The van der Waals surface area contributed by atoms with E-state index in [9.17, 15) is 14.9 Å². The number of carbonyl (C=O) groups excluding carboxylic acids is 1. The molecule has 1 fully saturated rings. The molecule has 0 saturated carbocycles. The van der Waals surface area contributed by atoms with E-state index in [0.29, 0.717) is 12.1 Å². The van der Waals surface area contributed by atoms with Crippen LogP contribution in [0.3, 0.4) is 0 Å². The fraction of sp³-hybridized carbons (Fsp3) is 0.350. The van der Waals surface area contributed by atoms with Gasteiger partial charge in [0.2, 0.25) is 0 Å². The monoisotopic (exact) mass is 402 g/mol. The summed E-state index contributed by atoms with van der Waals surface area (Å²) in [7, 11) is 0. The van der Waals surface area contributed by atoms with Crippen molar-refractivity contribution in [2.24, 2.45) is 0 Å². The Morgan fingerprint density at radius 1 is 1.04 bits per heavy atom. The predicted molar refractivity (Wildman–Crippen MR) is 110 cm³/mol. The maximum atomic E-state index is 12.1. The Labute approximate surface area is 169 Å². The summed E-state index contributed by atoms with van der Waals surface area (Å²) < 4.78 is 0. The standard InChI is InChI=1S/C20H23ClN4O3/c21-17-4-8-18(9-5-17)24-14-12-23(13-15-24)11-1-10-22-20(26)16-2-6-19(7-3-16)25(27)28/h2-9H,1,10-15H2,(H,22,26). The van der Waals surface area contributed by atoms with E-state index in [0.717, 1.165) is 44.2 Å². The molecule has 0 spiro atoms. The molecular weight excluding hydrogens is 380 g/mol. The normalized spacial score (nSPS) is 14.7. The van der Waals surface area contributed by atoms with E-state index in [4.69, 9.17) is 11.6 Å². The zero-order valence-electron chi connectivity index (χ0n) is 15.5. The second kappa shape index (κ2) is 9.52. The molecule has 8 heteroatoms. The van der Waals surface area contributed by atoms with Crippen molar-refractivity contribution in [2.75, 3.05) is 44.2 Å². The molecule has 2 aromatic rings. The van der Waals surface area contributed by atoms with Crippen molar-refractivity contribution in [3.05, 3.63) is 69.2 Å². The Bertz CT molecular complexity index is 803. The number of nitro benzene ring substituents is 1. The Morgan fingerprint density at radius 2 is 1.68 bits per heavy atom. The molecular formula is C20H23ClN4O3. The van der Waals surface area contributed by atoms with Crippen LogP contribution >= 0.6 is 11.6 Å². The Kier molecular flexibility index (Phi) is 6.84. The van der Waals surface area contributed by atoms with E-state index in [-0.39, 0.29) is 11.6 Å². The van der Waals surface area contributed by atoms with Gasteiger partial charge in [-0.1, -0.05) is 11.6 Å². The summed E-state index contributed by atoms with van der Waals surface area (Å²) in [5.74, 6) is -0.206. The number of piperazine rings is 1. The lowest BCUT2D eigenvalue weighted by Crippen LogP contribution is -2.47. The lowest BCUT2D eigenvalue weighted by atomic mass is 10.2. The number of nitrogens with one attached hydrogen (secondary N) is 1. The molecule has 1 aliphatic rings. The van der Waals surface area contributed by atoms with Crippen LogP contribution in [0.4, 0.5) is 11.4 Å². The molecule has 0 atom stereocenters. The van der Waals surface area contributed by atoms with Gasteiger partial charge in [0.25, 0.3) is 11.6 Å². The van der Waals surface area contributed by atoms with E-state index in [1.54, 1.807) is 0 Å². The smallest absolute Gasteiger partial charge is 0.269 e. The highest BCUT2D eigenvalue weighted by atomic mass is 35.5. The molecule has 1 saturated heterocycles. The maximum absolute atomic E-state index is 12.1. The third kappa shape index (κ3) is 5.43. The van der Waals surface area contributed by atoms with Gasteiger partial charge in [0, 0.05) is 61.1 Å². The molecule has 1 amide bonds. The highest BCUT2D eigenvalue weighted by Gasteiger charge is 2.17. The summed E-state index contributed by atoms with van der Waals surface area (Å²) in [6, 6.07) is 13.6. The predicted octanol–water partition coefficient (Wildman–Crippen LogP) is 3.19. The number of carbonyl (C=O) groups is 1. The van der Waals surface area contributed by atoms with Gasteiger partial charge < -0.3 is 10.2 Å². The second-order valence-corrected chi connectivity index (χ2v) is 7.15. The number of non-ortho nitro benzene ring substituents is 1. The quantitative estimate of drug-likeness (QED) is 0.437. The van der Waals surface area contributed by atoms with E-state index < -0.39 is 4.92 Å². The number of benzene rings is 2. The molecule has 28 heavy (non-hydrogen) atoms. The van der Waals surface area contributed by atoms with Gasteiger partial charge in [-0.05, 0) is 49.4 Å². The summed E-state index contributed by atoms with van der Waals surface area (Å²) in [5.41, 5.74) is 1.61. The number of nitrogens with zero attached hydrogens (tertiary/aromatic N) is 3. The summed E-state index contributed by atoms with van der Waals surface area (Å²) in [6.45, 7) is 5.41. The second-order valence-electron chi connectivity index (χ2n) is 6.72. The molecule has 148 valence electrons. The van der Waals surface area contributed by atoms with Gasteiger partial charge >= 0.3 is 0 Å². The van der Waals surface area contributed by atoms with E-state index >= 15 is 0 Å². The Balaban J connectivity index is 1.35. The van der Waals surface area contributed by atoms with Crippen molar-refractivity contribution in [1.82, 2.24) is 10.2 Å². The van der Waals surface area contributed by atoms with Gasteiger partial charge in [0.05, 0.1) is 4.92 Å². The van der Waals surface area contributed by atoms with Gasteiger partial charge in [0.15, 0.2) is 0 Å². The third-order valence-corrected chi connectivity index (χ3v) is 5.09. The van der Waals surface area contributed by atoms with Crippen molar-refractivity contribution >= 4 is 28.9 Å². The van der Waals surface area contributed by atoms with Crippen LogP contribution in [0.15, 0.2) is 48.5 Å². The highest BCUT2D eigenvalue weighted by Crippen LogP contribution is 2.19. The molecule has 1 aliphatic heterocycles. The molecule has 0 bridgehead atoms. The summed E-state index contributed by atoms with van der Waals surface area (Å²) in [6.07, 6.45) is 0.861. The zero-order chi connectivity index (χ0) is 19.9. The number of hydrogen-bond donors (Lipinski definition) is 1. The topological polar surface area (TPSA) is 78.7 Å². The molecule has 2 aromatic carbocycles. The van der Waals surface area contributed by atoms with Gasteiger partial charge in [-0.25, -0.2) is 0 Å². The summed E-state index contributed by atoms with van der Waals surface area (Å²) >= 11 is 5.94. The van der Waals surface area contributed by atoms with Crippen molar-refractivity contribution < 1.29 is 9.72 Å². The minimum atomic E-state index is -0.478. The zero-order valence-corrected chi connectivity index (χ0v) is 16.3.